The van der Waals surface area contributed by atoms with Crippen LogP contribution in [0.15, 0.2) is 59.0 Å². The van der Waals surface area contributed by atoms with Crippen LogP contribution in [0.4, 0.5) is 11.5 Å². The van der Waals surface area contributed by atoms with Gasteiger partial charge < -0.3 is 21.3 Å². The van der Waals surface area contributed by atoms with Crippen LogP contribution in [0.1, 0.15) is 22.8 Å². The molecule has 0 fully saturated rings. The number of nitrogens with zero attached hydrogens (tertiary/aromatic N) is 2. The largest absolute Gasteiger partial charge is 0.462 e. The van der Waals surface area contributed by atoms with Crippen LogP contribution in [0.25, 0.3) is 21.0 Å². The van der Waals surface area contributed by atoms with Gasteiger partial charge in [0.2, 0.25) is 0 Å². The number of benzene rings is 2. The number of nitrogens with one attached hydrogen (secondary N) is 2. The van der Waals surface area contributed by atoms with Crippen molar-refractivity contribution < 1.29 is 9.53 Å². The van der Waals surface area contributed by atoms with Crippen LogP contribution in [0, 0.1) is 0 Å². The summed E-state index contributed by atoms with van der Waals surface area (Å²) in [6.45, 7) is 2.11. The molecular formula is C21H20N6O2S. The summed E-state index contributed by atoms with van der Waals surface area (Å²) < 4.78 is 6.19. The number of carbonyl (C=O) groups is 1. The van der Waals surface area contributed by atoms with Gasteiger partial charge in [-0.1, -0.05) is 18.2 Å². The fraction of sp³-hybridized carbons (Fsp3) is 0.0952. The fourth-order valence-electron chi connectivity index (χ4n) is 3.21. The lowest BCUT2D eigenvalue weighted by Crippen LogP contribution is -2.32. The van der Waals surface area contributed by atoms with Gasteiger partial charge in [-0.2, -0.15) is 5.10 Å². The summed E-state index contributed by atoms with van der Waals surface area (Å²) >= 11 is 1.63. The Hall–Kier alpha value is -3.69. The van der Waals surface area contributed by atoms with E-state index in [4.69, 9.17) is 21.4 Å². The van der Waals surface area contributed by atoms with Crippen molar-refractivity contribution in [1.29, 1.82) is 0 Å². The summed E-state index contributed by atoms with van der Waals surface area (Å²) in [7, 11) is 0. The van der Waals surface area contributed by atoms with E-state index in [0.29, 0.717) is 23.8 Å². The monoisotopic (exact) mass is 420 g/mol. The highest BCUT2D eigenvalue weighted by atomic mass is 32.1. The number of carbonyl (C=O) groups excluding carboxylic acids is 1. The van der Waals surface area contributed by atoms with Crippen molar-refractivity contribution in [3.05, 3.63) is 65.0 Å². The number of ether oxygens (including phenoxy) is 1. The van der Waals surface area contributed by atoms with Gasteiger partial charge in [-0.15, -0.1) is 11.3 Å². The molecule has 0 aliphatic heterocycles. The van der Waals surface area contributed by atoms with Crippen molar-refractivity contribution in [3.63, 3.8) is 0 Å². The number of fused-ring (bicyclic) bond motifs is 3. The maximum absolute atomic E-state index is 12.1. The van der Waals surface area contributed by atoms with E-state index in [1.165, 1.54) is 0 Å². The van der Waals surface area contributed by atoms with Crippen molar-refractivity contribution in [2.45, 2.75) is 6.92 Å². The van der Waals surface area contributed by atoms with Crippen molar-refractivity contribution in [2.24, 2.45) is 16.8 Å². The number of esters is 1. The molecule has 9 heteroatoms. The Morgan fingerprint density at radius 2 is 2.03 bits per heavy atom. The number of rotatable bonds is 5. The van der Waals surface area contributed by atoms with E-state index in [0.717, 1.165) is 32.2 Å². The summed E-state index contributed by atoms with van der Waals surface area (Å²) in [5.74, 6) is 11.6. The molecule has 2 aromatic heterocycles. The summed E-state index contributed by atoms with van der Waals surface area (Å²) in [6, 6.07) is 14.9. The van der Waals surface area contributed by atoms with Gasteiger partial charge in [0.25, 0.3) is 0 Å². The van der Waals surface area contributed by atoms with E-state index in [-0.39, 0.29) is 5.97 Å². The van der Waals surface area contributed by atoms with E-state index >= 15 is 0 Å². The van der Waals surface area contributed by atoms with Crippen LogP contribution in [-0.2, 0) is 4.74 Å². The van der Waals surface area contributed by atoms with E-state index in [1.54, 1.807) is 36.5 Å². The zero-order chi connectivity index (χ0) is 21.1. The number of hydrazone groups is 1. The molecule has 0 saturated carbocycles. The molecule has 30 heavy (non-hydrogen) atoms. The van der Waals surface area contributed by atoms with Gasteiger partial charge in [-0.05, 0) is 42.6 Å². The SMILES string of the molecule is CCOC(=O)c1cccc(Nc2nc3cc(/C(=N/N)NN)ccc3c3sccc23)c1. The van der Waals surface area contributed by atoms with E-state index < -0.39 is 0 Å². The molecule has 0 spiro atoms. The molecule has 2 aromatic carbocycles. The number of hydrogen-bond donors (Lipinski definition) is 4. The maximum Gasteiger partial charge on any atom is 0.338 e. The normalized spacial score (nSPS) is 11.6. The average molecular weight is 420 g/mol. The van der Waals surface area contributed by atoms with Crippen LogP contribution < -0.4 is 22.4 Å². The molecule has 0 bridgehead atoms. The number of thiophene rings is 1. The number of nitrogens with two attached hydrogens (primary N) is 2. The molecular weight excluding hydrogens is 400 g/mol. The number of pyridine rings is 1. The molecule has 0 aliphatic carbocycles. The maximum atomic E-state index is 12.1. The van der Waals surface area contributed by atoms with Gasteiger partial charge in [0.05, 0.1) is 17.7 Å². The molecule has 2 heterocycles. The first-order valence-electron chi connectivity index (χ1n) is 9.24. The third kappa shape index (κ3) is 3.63. The predicted octanol–water partition coefficient (Wildman–Crippen LogP) is 3.45. The first kappa shape index (κ1) is 19.6. The Kier molecular flexibility index (Phi) is 5.46. The smallest absolute Gasteiger partial charge is 0.338 e. The Morgan fingerprint density at radius 1 is 1.17 bits per heavy atom. The third-order valence-corrected chi connectivity index (χ3v) is 5.52. The molecule has 0 unspecified atom stereocenters. The second-order valence-corrected chi connectivity index (χ2v) is 7.32. The summed E-state index contributed by atoms with van der Waals surface area (Å²) in [4.78, 5) is 16.9. The summed E-state index contributed by atoms with van der Waals surface area (Å²) in [5.41, 5.74) is 5.20. The van der Waals surface area contributed by atoms with Crippen molar-refractivity contribution in [3.8, 4) is 0 Å². The van der Waals surface area contributed by atoms with Crippen molar-refractivity contribution in [1.82, 2.24) is 10.4 Å². The highest BCUT2D eigenvalue weighted by molar-refractivity contribution is 7.18. The van der Waals surface area contributed by atoms with Gasteiger partial charge in [0.1, 0.15) is 5.82 Å². The molecule has 4 aromatic rings. The standard InChI is InChI=1S/C21H20N6O2S/c1-2-29-21(28)13-4-3-5-14(10-13)24-20-16-8-9-30-18(16)15-7-6-12(11-17(15)25-20)19(26-22)27-23/h3-11H,2,22-23H2,1H3,(H,24,25)(H,26,27). The van der Waals surface area contributed by atoms with Crippen LogP contribution in [0.5, 0.6) is 0 Å². The molecule has 0 amide bonds. The van der Waals surface area contributed by atoms with Gasteiger partial charge in [-0.25, -0.2) is 15.6 Å². The second-order valence-electron chi connectivity index (χ2n) is 6.40. The van der Waals surface area contributed by atoms with Gasteiger partial charge in [0, 0.05) is 26.7 Å². The Bertz CT molecular complexity index is 1270. The molecule has 8 nitrogen and oxygen atoms in total. The van der Waals surface area contributed by atoms with Crippen molar-refractivity contribution >= 4 is 55.6 Å². The van der Waals surface area contributed by atoms with Crippen LogP contribution >= 0.6 is 11.3 Å². The highest BCUT2D eigenvalue weighted by Gasteiger charge is 2.13. The van der Waals surface area contributed by atoms with Gasteiger partial charge in [0.15, 0.2) is 5.84 Å². The van der Waals surface area contributed by atoms with Crippen LogP contribution in [0.2, 0.25) is 0 Å². The zero-order valence-electron chi connectivity index (χ0n) is 16.2. The molecule has 4 rings (SSSR count). The number of hydrazine groups is 1. The predicted molar refractivity (Wildman–Crippen MR) is 121 cm³/mol. The van der Waals surface area contributed by atoms with E-state index in [2.05, 4.69) is 15.8 Å². The first-order valence-corrected chi connectivity index (χ1v) is 10.1. The Balaban J connectivity index is 1.79. The van der Waals surface area contributed by atoms with Gasteiger partial charge in [-0.3, -0.25) is 0 Å². The number of amidine groups is 1. The second kappa shape index (κ2) is 8.36. The highest BCUT2D eigenvalue weighted by Crippen LogP contribution is 2.35. The summed E-state index contributed by atoms with van der Waals surface area (Å²) in [5, 5.41) is 11.0. The van der Waals surface area contributed by atoms with Gasteiger partial charge >= 0.3 is 5.97 Å². The minimum Gasteiger partial charge on any atom is -0.462 e. The molecule has 6 N–H and O–H groups in total. The lowest BCUT2D eigenvalue weighted by Gasteiger charge is -2.11. The topological polar surface area (TPSA) is 128 Å². The lowest BCUT2D eigenvalue weighted by molar-refractivity contribution is 0.0526. The van der Waals surface area contributed by atoms with Crippen LogP contribution in [0.3, 0.4) is 0 Å². The molecule has 0 saturated heterocycles. The zero-order valence-corrected chi connectivity index (χ0v) is 17.0. The first-order chi connectivity index (χ1) is 14.6. The number of anilines is 2. The van der Waals surface area contributed by atoms with Crippen LogP contribution in [-0.4, -0.2) is 23.4 Å². The average Bonchev–Trinajstić information content (AvgIpc) is 3.25. The lowest BCUT2D eigenvalue weighted by atomic mass is 10.1. The molecule has 0 radical (unpaired) electrons. The number of hydrogen-bond acceptors (Lipinski definition) is 8. The number of aromatic nitrogens is 1. The van der Waals surface area contributed by atoms with E-state index in [9.17, 15) is 4.79 Å². The van der Waals surface area contributed by atoms with Crippen molar-refractivity contribution in [2.75, 3.05) is 11.9 Å². The quantitative estimate of drug-likeness (QED) is 0.128. The molecule has 0 aliphatic rings. The summed E-state index contributed by atoms with van der Waals surface area (Å²) in [6.07, 6.45) is 0. The minimum absolute atomic E-state index is 0.326. The molecule has 152 valence electrons. The minimum atomic E-state index is -0.360. The third-order valence-electron chi connectivity index (χ3n) is 4.57. The Labute approximate surface area is 176 Å². The fourth-order valence-corrected chi connectivity index (χ4v) is 4.15. The van der Waals surface area contributed by atoms with E-state index in [1.807, 2.05) is 35.7 Å². The Morgan fingerprint density at radius 3 is 2.80 bits per heavy atom. The molecule has 0 atom stereocenters.